The fourth-order valence-corrected chi connectivity index (χ4v) is 4.08. The summed E-state index contributed by atoms with van der Waals surface area (Å²) < 4.78 is 18.3. The Hall–Kier alpha value is -2.42. The molecule has 3 nitrogen and oxygen atoms in total. The van der Waals surface area contributed by atoms with Crippen molar-refractivity contribution in [3.8, 4) is 11.5 Å². The van der Waals surface area contributed by atoms with Crippen LogP contribution in [-0.2, 0) is 24.2 Å². The lowest BCUT2D eigenvalue weighted by atomic mass is 9.87. The summed E-state index contributed by atoms with van der Waals surface area (Å²) in [5.41, 5.74) is 5.94. The standard InChI is InChI=1S/C26H34O3/c1-7-27-15-11-14-21-23(18(2)3)24(28-17-20-12-9-8-10-13-20)19(4)22-16-26(5,6)29-25(21)22/h8-13,15,18H,7,14,16-17H2,1-6H3. The molecule has 0 bridgehead atoms. The second kappa shape index (κ2) is 8.94. The van der Waals surface area contributed by atoms with Gasteiger partial charge in [0.25, 0.3) is 0 Å². The third kappa shape index (κ3) is 4.77. The molecule has 0 unspecified atom stereocenters. The molecule has 0 spiro atoms. The van der Waals surface area contributed by atoms with E-state index < -0.39 is 0 Å². The molecule has 0 aliphatic carbocycles. The number of allylic oxidation sites excluding steroid dienone is 1. The molecule has 0 amide bonds. The van der Waals surface area contributed by atoms with E-state index >= 15 is 0 Å². The van der Waals surface area contributed by atoms with Gasteiger partial charge in [-0.05, 0) is 57.2 Å². The van der Waals surface area contributed by atoms with Gasteiger partial charge in [-0.3, -0.25) is 0 Å². The predicted octanol–water partition coefficient (Wildman–Crippen LogP) is 6.50. The summed E-state index contributed by atoms with van der Waals surface area (Å²) >= 11 is 0. The molecule has 29 heavy (non-hydrogen) atoms. The second-order valence-corrected chi connectivity index (χ2v) is 8.65. The Bertz CT molecular complexity index is 864. The van der Waals surface area contributed by atoms with Gasteiger partial charge in [0.05, 0.1) is 12.9 Å². The van der Waals surface area contributed by atoms with Gasteiger partial charge in [0.2, 0.25) is 0 Å². The number of benzene rings is 2. The van der Waals surface area contributed by atoms with Crippen molar-refractivity contribution in [2.45, 2.75) is 72.5 Å². The fraction of sp³-hybridized carbons (Fsp3) is 0.462. The first-order chi connectivity index (χ1) is 13.8. The lowest BCUT2D eigenvalue weighted by molar-refractivity contribution is 0.137. The van der Waals surface area contributed by atoms with Crippen molar-refractivity contribution < 1.29 is 14.2 Å². The summed E-state index contributed by atoms with van der Waals surface area (Å²) in [6, 6.07) is 10.4. The highest BCUT2D eigenvalue weighted by Gasteiger charge is 2.36. The average molecular weight is 395 g/mol. The van der Waals surface area contributed by atoms with Crippen LogP contribution in [0.3, 0.4) is 0 Å². The Morgan fingerprint density at radius 1 is 1.17 bits per heavy atom. The van der Waals surface area contributed by atoms with Crippen molar-refractivity contribution in [3.05, 3.63) is 70.5 Å². The fourth-order valence-electron chi connectivity index (χ4n) is 4.08. The Kier molecular flexibility index (Phi) is 6.56. The molecular formula is C26H34O3. The maximum atomic E-state index is 6.47. The van der Waals surface area contributed by atoms with Crippen LogP contribution in [0.4, 0.5) is 0 Å². The molecule has 1 aliphatic heterocycles. The molecule has 0 radical (unpaired) electrons. The molecule has 0 atom stereocenters. The smallest absolute Gasteiger partial charge is 0.127 e. The van der Waals surface area contributed by atoms with E-state index in [-0.39, 0.29) is 5.60 Å². The SMILES string of the molecule is CCOC=CCc1c2c(c(C)c(OCc3ccccc3)c1C(C)C)CC(C)(C)O2. The van der Waals surface area contributed by atoms with Gasteiger partial charge in [-0.25, -0.2) is 0 Å². The van der Waals surface area contributed by atoms with Gasteiger partial charge < -0.3 is 14.2 Å². The van der Waals surface area contributed by atoms with E-state index in [0.717, 1.165) is 24.3 Å². The average Bonchev–Trinajstić information content (AvgIpc) is 3.01. The van der Waals surface area contributed by atoms with Crippen LogP contribution in [0.15, 0.2) is 42.7 Å². The Morgan fingerprint density at radius 3 is 2.55 bits per heavy atom. The molecule has 2 aromatic carbocycles. The molecule has 1 heterocycles. The molecule has 156 valence electrons. The first-order valence-electron chi connectivity index (χ1n) is 10.6. The van der Waals surface area contributed by atoms with Crippen molar-refractivity contribution in [1.29, 1.82) is 0 Å². The summed E-state index contributed by atoms with van der Waals surface area (Å²) in [5, 5.41) is 0. The van der Waals surface area contributed by atoms with E-state index in [1.54, 1.807) is 6.26 Å². The molecule has 1 aliphatic rings. The van der Waals surface area contributed by atoms with Crippen LogP contribution in [-0.4, -0.2) is 12.2 Å². The highest BCUT2D eigenvalue weighted by molar-refractivity contribution is 5.62. The second-order valence-electron chi connectivity index (χ2n) is 8.65. The number of ether oxygens (including phenoxy) is 3. The van der Waals surface area contributed by atoms with E-state index in [0.29, 0.717) is 19.1 Å². The van der Waals surface area contributed by atoms with Crippen LogP contribution in [0.5, 0.6) is 11.5 Å². The van der Waals surface area contributed by atoms with Gasteiger partial charge in [-0.2, -0.15) is 0 Å². The number of fused-ring (bicyclic) bond motifs is 1. The van der Waals surface area contributed by atoms with Crippen LogP contribution in [0, 0.1) is 6.92 Å². The van der Waals surface area contributed by atoms with Crippen LogP contribution in [0.25, 0.3) is 0 Å². The molecule has 3 heteroatoms. The van der Waals surface area contributed by atoms with Gasteiger partial charge in [0.15, 0.2) is 0 Å². The molecule has 0 saturated carbocycles. The normalized spacial score (nSPS) is 14.9. The summed E-state index contributed by atoms with van der Waals surface area (Å²) in [6.45, 7) is 14.2. The molecule has 3 rings (SSSR count). The van der Waals surface area contributed by atoms with E-state index in [4.69, 9.17) is 14.2 Å². The minimum atomic E-state index is -0.197. The molecule has 0 saturated heterocycles. The number of hydrogen-bond donors (Lipinski definition) is 0. The van der Waals surface area contributed by atoms with Crippen LogP contribution in [0.1, 0.15) is 68.4 Å². The van der Waals surface area contributed by atoms with Crippen molar-refractivity contribution in [2.75, 3.05) is 6.61 Å². The minimum Gasteiger partial charge on any atom is -0.502 e. The maximum Gasteiger partial charge on any atom is 0.127 e. The summed E-state index contributed by atoms with van der Waals surface area (Å²) in [6.07, 6.45) is 5.54. The first-order valence-corrected chi connectivity index (χ1v) is 10.6. The summed E-state index contributed by atoms with van der Waals surface area (Å²) in [4.78, 5) is 0. The molecule has 2 aromatic rings. The minimum absolute atomic E-state index is 0.197. The predicted molar refractivity (Wildman–Crippen MR) is 119 cm³/mol. The quantitative estimate of drug-likeness (QED) is 0.478. The van der Waals surface area contributed by atoms with Crippen LogP contribution < -0.4 is 9.47 Å². The third-order valence-electron chi connectivity index (χ3n) is 5.38. The van der Waals surface area contributed by atoms with Gasteiger partial charge in [0, 0.05) is 23.1 Å². The third-order valence-corrected chi connectivity index (χ3v) is 5.38. The maximum absolute atomic E-state index is 6.47. The van der Waals surface area contributed by atoms with Crippen LogP contribution in [0.2, 0.25) is 0 Å². The highest BCUT2D eigenvalue weighted by Crippen LogP contribution is 2.48. The van der Waals surface area contributed by atoms with Gasteiger partial charge >= 0.3 is 0 Å². The lowest BCUT2D eigenvalue weighted by Crippen LogP contribution is -2.25. The molecule has 0 fully saturated rings. The van der Waals surface area contributed by atoms with E-state index in [1.165, 1.54) is 27.8 Å². The van der Waals surface area contributed by atoms with Crippen LogP contribution >= 0.6 is 0 Å². The van der Waals surface area contributed by atoms with Crippen molar-refractivity contribution in [1.82, 2.24) is 0 Å². The summed E-state index contributed by atoms with van der Waals surface area (Å²) in [7, 11) is 0. The molecule has 0 aromatic heterocycles. The highest BCUT2D eigenvalue weighted by atomic mass is 16.5. The largest absolute Gasteiger partial charge is 0.502 e. The van der Waals surface area contributed by atoms with Crippen molar-refractivity contribution >= 4 is 0 Å². The Morgan fingerprint density at radius 2 is 1.90 bits per heavy atom. The topological polar surface area (TPSA) is 27.7 Å². The number of rotatable bonds is 8. The zero-order chi connectivity index (χ0) is 21.0. The molecule has 0 N–H and O–H groups in total. The van der Waals surface area contributed by atoms with Crippen molar-refractivity contribution in [2.24, 2.45) is 0 Å². The van der Waals surface area contributed by atoms with Crippen molar-refractivity contribution in [3.63, 3.8) is 0 Å². The molecular weight excluding hydrogens is 360 g/mol. The monoisotopic (exact) mass is 394 g/mol. The number of hydrogen-bond acceptors (Lipinski definition) is 3. The van der Waals surface area contributed by atoms with E-state index in [2.05, 4.69) is 65.0 Å². The van der Waals surface area contributed by atoms with E-state index in [1.807, 2.05) is 13.0 Å². The summed E-state index contributed by atoms with van der Waals surface area (Å²) in [5.74, 6) is 2.39. The Labute approximate surface area is 175 Å². The van der Waals surface area contributed by atoms with Gasteiger partial charge in [-0.15, -0.1) is 0 Å². The zero-order valence-electron chi connectivity index (χ0n) is 18.7. The lowest BCUT2D eigenvalue weighted by Gasteiger charge is -2.24. The zero-order valence-corrected chi connectivity index (χ0v) is 18.7. The van der Waals surface area contributed by atoms with Gasteiger partial charge in [0.1, 0.15) is 23.7 Å². The van der Waals surface area contributed by atoms with E-state index in [9.17, 15) is 0 Å². The first kappa shape index (κ1) is 21.3. The van der Waals surface area contributed by atoms with Gasteiger partial charge in [-0.1, -0.05) is 44.2 Å². The Balaban J connectivity index is 2.06.